The molecule has 1 saturated carbocycles. The van der Waals surface area contributed by atoms with E-state index >= 15 is 0 Å². The van der Waals surface area contributed by atoms with Gasteiger partial charge >= 0.3 is 0 Å². The predicted octanol–water partition coefficient (Wildman–Crippen LogP) is 3.29. The summed E-state index contributed by atoms with van der Waals surface area (Å²) >= 11 is 0. The molecule has 1 N–H and O–H groups in total. The first-order valence-corrected chi connectivity index (χ1v) is 6.38. The average Bonchev–Trinajstić information content (AvgIpc) is 2.72. The van der Waals surface area contributed by atoms with Crippen molar-refractivity contribution in [3.63, 3.8) is 0 Å². The van der Waals surface area contributed by atoms with Crippen LogP contribution in [0.15, 0.2) is 18.2 Å². The highest BCUT2D eigenvalue weighted by atomic mass is 19.1. The maximum Gasteiger partial charge on any atom is 0.129 e. The summed E-state index contributed by atoms with van der Waals surface area (Å²) in [5, 5.41) is 3.41. The summed E-state index contributed by atoms with van der Waals surface area (Å²) in [5.74, 6) is -0.458. The van der Waals surface area contributed by atoms with Crippen LogP contribution < -0.4 is 5.32 Å². The maximum atomic E-state index is 13.6. The normalized spacial score (nSPS) is 24.2. The summed E-state index contributed by atoms with van der Waals surface area (Å²) in [6.45, 7) is 2.99. The van der Waals surface area contributed by atoms with Gasteiger partial charge in [-0.15, -0.1) is 0 Å². The van der Waals surface area contributed by atoms with Crippen LogP contribution in [0.25, 0.3) is 0 Å². The molecule has 0 aromatic heterocycles. The third-order valence-corrected chi connectivity index (χ3v) is 3.65. The van der Waals surface area contributed by atoms with E-state index in [1.165, 1.54) is 18.2 Å². The Hall–Kier alpha value is -0.960. The molecule has 0 amide bonds. The fraction of sp³-hybridized carbons (Fsp3) is 0.571. The van der Waals surface area contributed by atoms with Crippen LogP contribution in [0.1, 0.15) is 31.7 Å². The highest BCUT2D eigenvalue weighted by Crippen LogP contribution is 2.30. The third-order valence-electron chi connectivity index (χ3n) is 3.65. The number of halogens is 2. The van der Waals surface area contributed by atoms with E-state index in [-0.39, 0.29) is 5.56 Å². The summed E-state index contributed by atoms with van der Waals surface area (Å²) in [5.41, 5.74) is 0.252. The van der Waals surface area contributed by atoms with Gasteiger partial charge in [0.15, 0.2) is 0 Å². The van der Waals surface area contributed by atoms with Gasteiger partial charge in [-0.25, -0.2) is 8.78 Å². The molecule has 3 heteroatoms. The molecule has 2 unspecified atom stereocenters. The summed E-state index contributed by atoms with van der Waals surface area (Å²) in [4.78, 5) is 0. The quantitative estimate of drug-likeness (QED) is 0.850. The fourth-order valence-corrected chi connectivity index (χ4v) is 2.80. The van der Waals surface area contributed by atoms with Crippen molar-refractivity contribution in [2.75, 3.05) is 6.54 Å². The Kier molecular flexibility index (Phi) is 4.11. The molecule has 1 fully saturated rings. The first-order valence-electron chi connectivity index (χ1n) is 6.38. The second kappa shape index (κ2) is 5.58. The largest absolute Gasteiger partial charge is 0.314 e. The van der Waals surface area contributed by atoms with Crippen molar-refractivity contribution in [2.24, 2.45) is 5.92 Å². The van der Waals surface area contributed by atoms with Gasteiger partial charge in [-0.05, 0) is 43.9 Å². The molecule has 1 nitrogen and oxygen atoms in total. The Bertz CT molecular complexity index is 358. The molecule has 0 aliphatic heterocycles. The van der Waals surface area contributed by atoms with Crippen LogP contribution in [0.5, 0.6) is 0 Å². The lowest BCUT2D eigenvalue weighted by Gasteiger charge is -2.20. The number of hydrogen-bond donors (Lipinski definition) is 1. The monoisotopic (exact) mass is 239 g/mol. The van der Waals surface area contributed by atoms with Gasteiger partial charge in [-0.3, -0.25) is 0 Å². The zero-order valence-electron chi connectivity index (χ0n) is 10.2. The van der Waals surface area contributed by atoms with Crippen LogP contribution in [-0.2, 0) is 6.42 Å². The van der Waals surface area contributed by atoms with Gasteiger partial charge in [0.2, 0.25) is 0 Å². The Morgan fingerprint density at radius 3 is 2.59 bits per heavy atom. The Morgan fingerprint density at radius 2 is 1.94 bits per heavy atom. The lowest BCUT2D eigenvalue weighted by atomic mass is 9.94. The van der Waals surface area contributed by atoms with Crippen LogP contribution in [-0.4, -0.2) is 12.6 Å². The third kappa shape index (κ3) is 2.83. The summed E-state index contributed by atoms with van der Waals surface area (Å²) in [6, 6.07) is 4.52. The van der Waals surface area contributed by atoms with E-state index in [0.717, 1.165) is 25.8 Å². The van der Waals surface area contributed by atoms with Crippen molar-refractivity contribution in [1.82, 2.24) is 5.32 Å². The number of nitrogens with one attached hydrogen (secondary N) is 1. The molecular weight excluding hydrogens is 220 g/mol. The highest BCUT2D eigenvalue weighted by molar-refractivity contribution is 5.20. The molecule has 1 aromatic carbocycles. The van der Waals surface area contributed by atoms with Crippen LogP contribution >= 0.6 is 0 Å². The molecule has 0 spiro atoms. The van der Waals surface area contributed by atoms with Crippen molar-refractivity contribution in [2.45, 2.75) is 38.6 Å². The Morgan fingerprint density at radius 1 is 1.24 bits per heavy atom. The minimum atomic E-state index is -0.410. The van der Waals surface area contributed by atoms with Crippen LogP contribution in [0.4, 0.5) is 8.78 Å². The second-order valence-electron chi connectivity index (χ2n) is 4.76. The van der Waals surface area contributed by atoms with Gasteiger partial charge in [0.1, 0.15) is 11.6 Å². The Balaban J connectivity index is 2.09. The van der Waals surface area contributed by atoms with Gasteiger partial charge in [-0.1, -0.05) is 19.4 Å². The summed E-state index contributed by atoms with van der Waals surface area (Å²) in [6.07, 6.45) is 3.84. The predicted molar refractivity (Wildman–Crippen MR) is 64.9 cm³/mol. The first kappa shape index (κ1) is 12.5. The molecule has 0 saturated heterocycles. The van der Waals surface area contributed by atoms with Crippen LogP contribution in [0, 0.1) is 17.6 Å². The maximum absolute atomic E-state index is 13.6. The van der Waals surface area contributed by atoms with Gasteiger partial charge in [0.25, 0.3) is 0 Å². The van der Waals surface area contributed by atoms with E-state index in [0.29, 0.717) is 18.4 Å². The van der Waals surface area contributed by atoms with Gasteiger partial charge in [-0.2, -0.15) is 0 Å². The van der Waals surface area contributed by atoms with E-state index < -0.39 is 11.6 Å². The molecule has 2 atom stereocenters. The summed E-state index contributed by atoms with van der Waals surface area (Å²) < 4.78 is 27.1. The van der Waals surface area contributed by atoms with Crippen molar-refractivity contribution < 1.29 is 8.78 Å². The smallest absolute Gasteiger partial charge is 0.129 e. The van der Waals surface area contributed by atoms with Crippen molar-refractivity contribution in [3.05, 3.63) is 35.4 Å². The second-order valence-corrected chi connectivity index (χ2v) is 4.76. The number of hydrogen-bond acceptors (Lipinski definition) is 1. The van der Waals surface area contributed by atoms with Gasteiger partial charge in [0, 0.05) is 11.6 Å². The lowest BCUT2D eigenvalue weighted by Crippen LogP contribution is -2.33. The zero-order valence-corrected chi connectivity index (χ0v) is 10.2. The van der Waals surface area contributed by atoms with E-state index in [2.05, 4.69) is 12.2 Å². The van der Waals surface area contributed by atoms with E-state index in [1.807, 2.05) is 0 Å². The highest BCUT2D eigenvalue weighted by Gasteiger charge is 2.28. The number of rotatable bonds is 4. The molecular formula is C14H19F2N. The molecule has 0 heterocycles. The minimum Gasteiger partial charge on any atom is -0.314 e. The number of benzene rings is 1. The molecule has 1 aromatic rings. The zero-order chi connectivity index (χ0) is 12.3. The van der Waals surface area contributed by atoms with E-state index in [1.54, 1.807) is 0 Å². The minimum absolute atomic E-state index is 0.252. The molecule has 1 aliphatic carbocycles. The Labute approximate surface area is 101 Å². The molecule has 0 bridgehead atoms. The van der Waals surface area contributed by atoms with E-state index in [4.69, 9.17) is 0 Å². The summed E-state index contributed by atoms with van der Waals surface area (Å²) in [7, 11) is 0. The van der Waals surface area contributed by atoms with Crippen molar-refractivity contribution in [1.29, 1.82) is 0 Å². The van der Waals surface area contributed by atoms with Crippen LogP contribution in [0.3, 0.4) is 0 Å². The van der Waals surface area contributed by atoms with Gasteiger partial charge < -0.3 is 5.32 Å². The van der Waals surface area contributed by atoms with Crippen molar-refractivity contribution >= 4 is 0 Å². The topological polar surface area (TPSA) is 12.0 Å². The molecule has 1 aliphatic rings. The molecule has 17 heavy (non-hydrogen) atoms. The van der Waals surface area contributed by atoms with Gasteiger partial charge in [0.05, 0.1) is 0 Å². The standard InChI is InChI=1S/C14H19F2N/c1-2-17-14-8-3-5-10(14)9-11-12(15)6-4-7-13(11)16/h4,6-7,10,14,17H,2-3,5,8-9H2,1H3. The van der Waals surface area contributed by atoms with Crippen molar-refractivity contribution in [3.8, 4) is 0 Å². The SMILES string of the molecule is CCNC1CCCC1Cc1c(F)cccc1F. The fourth-order valence-electron chi connectivity index (χ4n) is 2.80. The molecule has 0 radical (unpaired) electrons. The van der Waals surface area contributed by atoms with E-state index in [9.17, 15) is 8.78 Å². The lowest BCUT2D eigenvalue weighted by molar-refractivity contribution is 0.394. The molecule has 94 valence electrons. The van der Waals surface area contributed by atoms with Crippen LogP contribution in [0.2, 0.25) is 0 Å². The average molecular weight is 239 g/mol. The first-order chi connectivity index (χ1) is 8.22. The molecule has 2 rings (SSSR count).